The van der Waals surface area contributed by atoms with Crippen molar-refractivity contribution < 1.29 is 0 Å². The van der Waals surface area contributed by atoms with Crippen molar-refractivity contribution in [2.75, 3.05) is 11.9 Å². The molecule has 0 radical (unpaired) electrons. The van der Waals surface area contributed by atoms with Gasteiger partial charge in [-0.1, -0.05) is 24.3 Å². The van der Waals surface area contributed by atoms with Gasteiger partial charge in [-0.2, -0.15) is 5.26 Å². The highest BCUT2D eigenvalue weighted by Crippen LogP contribution is 2.24. The van der Waals surface area contributed by atoms with E-state index >= 15 is 0 Å². The molecule has 2 heteroatoms. The molecule has 0 fully saturated rings. The average molecular weight is 262 g/mol. The molecule has 2 nitrogen and oxygen atoms in total. The third kappa shape index (κ3) is 2.53. The molecule has 0 aliphatic heterocycles. The predicted octanol–water partition coefficient (Wildman–Crippen LogP) is 3.68. The topological polar surface area (TPSA) is 27.0 Å². The molecule has 0 saturated carbocycles. The van der Waals surface area contributed by atoms with E-state index in [4.69, 9.17) is 5.26 Å². The summed E-state index contributed by atoms with van der Waals surface area (Å²) in [5, 5.41) is 8.97. The number of hydrogen-bond donors (Lipinski definition) is 0. The monoisotopic (exact) mass is 262 g/mol. The lowest BCUT2D eigenvalue weighted by atomic mass is 10.1. The van der Waals surface area contributed by atoms with Crippen molar-refractivity contribution in [3.05, 3.63) is 64.7 Å². The molecule has 0 atom stereocenters. The maximum absolute atomic E-state index is 8.97. The fraction of sp³-hybridized carbons (Fsp3) is 0.278. The predicted molar refractivity (Wildman–Crippen MR) is 81.7 cm³/mol. The van der Waals surface area contributed by atoms with Gasteiger partial charge in [-0.05, 0) is 54.2 Å². The van der Waals surface area contributed by atoms with E-state index in [9.17, 15) is 0 Å². The van der Waals surface area contributed by atoms with Gasteiger partial charge < -0.3 is 4.90 Å². The van der Waals surface area contributed by atoms with Crippen LogP contribution in [0.15, 0.2) is 42.5 Å². The second-order valence-corrected chi connectivity index (χ2v) is 5.47. The number of hydrogen-bond acceptors (Lipinski definition) is 2. The van der Waals surface area contributed by atoms with E-state index in [-0.39, 0.29) is 0 Å². The van der Waals surface area contributed by atoms with Gasteiger partial charge >= 0.3 is 0 Å². The van der Waals surface area contributed by atoms with Gasteiger partial charge in [0.05, 0.1) is 11.6 Å². The summed E-state index contributed by atoms with van der Waals surface area (Å²) in [4.78, 5) is 2.19. The number of rotatable bonds is 3. The third-order valence-electron chi connectivity index (χ3n) is 4.00. The van der Waals surface area contributed by atoms with Crippen LogP contribution < -0.4 is 4.90 Å². The number of fused-ring (bicyclic) bond motifs is 1. The molecule has 100 valence electrons. The maximum Gasteiger partial charge on any atom is 0.0992 e. The largest absolute Gasteiger partial charge is 0.370 e. The van der Waals surface area contributed by atoms with Crippen molar-refractivity contribution in [2.24, 2.45) is 0 Å². The van der Waals surface area contributed by atoms with Crippen molar-refractivity contribution >= 4 is 5.69 Å². The van der Waals surface area contributed by atoms with Crippen LogP contribution in [0.1, 0.15) is 28.7 Å². The Labute approximate surface area is 120 Å². The quantitative estimate of drug-likeness (QED) is 0.843. The first-order chi connectivity index (χ1) is 9.76. The molecule has 2 aromatic carbocycles. The van der Waals surface area contributed by atoms with Gasteiger partial charge in [0.15, 0.2) is 0 Å². The van der Waals surface area contributed by atoms with E-state index in [1.165, 1.54) is 36.0 Å². The first kappa shape index (κ1) is 12.7. The average Bonchev–Trinajstić information content (AvgIpc) is 2.95. The number of aryl methyl sites for hydroxylation is 2. The lowest BCUT2D eigenvalue weighted by Crippen LogP contribution is -2.16. The second-order valence-electron chi connectivity index (χ2n) is 5.47. The summed E-state index contributed by atoms with van der Waals surface area (Å²) in [5.41, 5.74) is 6.17. The fourth-order valence-corrected chi connectivity index (χ4v) is 2.90. The first-order valence-electron chi connectivity index (χ1n) is 7.08. The summed E-state index contributed by atoms with van der Waals surface area (Å²) < 4.78 is 0. The summed E-state index contributed by atoms with van der Waals surface area (Å²) in [6, 6.07) is 16.8. The minimum Gasteiger partial charge on any atom is -0.370 e. The van der Waals surface area contributed by atoms with Gasteiger partial charge in [0.1, 0.15) is 0 Å². The third-order valence-corrected chi connectivity index (χ3v) is 4.00. The van der Waals surface area contributed by atoms with Gasteiger partial charge in [-0.25, -0.2) is 0 Å². The van der Waals surface area contributed by atoms with Gasteiger partial charge in [0, 0.05) is 19.3 Å². The molecule has 0 saturated heterocycles. The molecule has 0 spiro atoms. The van der Waals surface area contributed by atoms with Crippen molar-refractivity contribution in [3.8, 4) is 6.07 Å². The zero-order chi connectivity index (χ0) is 13.9. The minimum absolute atomic E-state index is 0.711. The van der Waals surface area contributed by atoms with Crippen LogP contribution in [-0.4, -0.2) is 7.05 Å². The summed E-state index contributed by atoms with van der Waals surface area (Å²) in [5.74, 6) is 0. The lowest BCUT2D eigenvalue weighted by Gasteiger charge is -2.20. The standard InChI is InChI=1S/C18H18N2/c1-20(18-7-2-4-14(11-18)12-19)13-15-8-9-16-5-3-6-17(16)10-15/h2,4,7-11H,3,5-6,13H2,1H3. The Bertz CT molecular complexity index is 667. The van der Waals surface area contributed by atoms with E-state index in [1.54, 1.807) is 0 Å². The zero-order valence-corrected chi connectivity index (χ0v) is 11.8. The number of nitriles is 1. The molecule has 20 heavy (non-hydrogen) atoms. The molecule has 0 amide bonds. The Kier molecular flexibility index (Phi) is 3.43. The van der Waals surface area contributed by atoms with Gasteiger partial charge in [-0.15, -0.1) is 0 Å². The number of anilines is 1. The molecular weight excluding hydrogens is 244 g/mol. The maximum atomic E-state index is 8.97. The Balaban J connectivity index is 1.78. The summed E-state index contributed by atoms with van der Waals surface area (Å²) in [6.45, 7) is 0.877. The number of nitrogens with zero attached hydrogens (tertiary/aromatic N) is 2. The Hall–Kier alpha value is -2.27. The summed E-state index contributed by atoms with van der Waals surface area (Å²) in [7, 11) is 2.07. The molecule has 1 aliphatic rings. The second kappa shape index (κ2) is 5.38. The van der Waals surface area contributed by atoms with E-state index in [0.717, 1.165) is 12.2 Å². The van der Waals surface area contributed by atoms with E-state index < -0.39 is 0 Å². The SMILES string of the molecule is CN(Cc1ccc2c(c1)CCC2)c1cccc(C#N)c1. The highest BCUT2D eigenvalue weighted by Gasteiger charge is 2.11. The van der Waals surface area contributed by atoms with Crippen LogP contribution in [0.4, 0.5) is 5.69 Å². The molecule has 0 bridgehead atoms. The summed E-state index contributed by atoms with van der Waals surface area (Å²) >= 11 is 0. The molecule has 3 rings (SSSR count). The van der Waals surface area contributed by atoms with Gasteiger partial charge in [0.25, 0.3) is 0 Å². The van der Waals surface area contributed by atoms with E-state index in [2.05, 4.69) is 36.2 Å². The molecular formula is C18H18N2. The molecule has 1 aliphatic carbocycles. The van der Waals surface area contributed by atoms with Crippen LogP contribution in [0.5, 0.6) is 0 Å². The van der Waals surface area contributed by atoms with Crippen LogP contribution in [0.2, 0.25) is 0 Å². The van der Waals surface area contributed by atoms with E-state index in [1.807, 2.05) is 24.3 Å². The molecule has 0 heterocycles. The zero-order valence-electron chi connectivity index (χ0n) is 11.8. The van der Waals surface area contributed by atoms with Crippen molar-refractivity contribution in [1.29, 1.82) is 5.26 Å². The Morgan fingerprint density at radius 3 is 2.80 bits per heavy atom. The molecule has 2 aromatic rings. The van der Waals surface area contributed by atoms with Gasteiger partial charge in [-0.3, -0.25) is 0 Å². The van der Waals surface area contributed by atoms with Crippen LogP contribution in [0.25, 0.3) is 0 Å². The van der Waals surface area contributed by atoms with Crippen molar-refractivity contribution in [2.45, 2.75) is 25.8 Å². The smallest absolute Gasteiger partial charge is 0.0992 e. The highest BCUT2D eigenvalue weighted by atomic mass is 15.1. The Morgan fingerprint density at radius 1 is 1.10 bits per heavy atom. The molecule has 0 unspecified atom stereocenters. The first-order valence-corrected chi connectivity index (χ1v) is 7.08. The van der Waals surface area contributed by atoms with Crippen molar-refractivity contribution in [3.63, 3.8) is 0 Å². The summed E-state index contributed by atoms with van der Waals surface area (Å²) in [6.07, 6.45) is 3.74. The van der Waals surface area contributed by atoms with Crippen LogP contribution in [0, 0.1) is 11.3 Å². The normalized spacial score (nSPS) is 12.8. The number of benzene rings is 2. The highest BCUT2D eigenvalue weighted by molar-refractivity contribution is 5.51. The minimum atomic E-state index is 0.711. The van der Waals surface area contributed by atoms with Gasteiger partial charge in [0.2, 0.25) is 0 Å². The van der Waals surface area contributed by atoms with Crippen LogP contribution in [-0.2, 0) is 19.4 Å². The molecule has 0 aromatic heterocycles. The van der Waals surface area contributed by atoms with Crippen LogP contribution >= 0.6 is 0 Å². The Morgan fingerprint density at radius 2 is 1.95 bits per heavy atom. The van der Waals surface area contributed by atoms with Crippen LogP contribution in [0.3, 0.4) is 0 Å². The lowest BCUT2D eigenvalue weighted by molar-refractivity contribution is 0.907. The fourth-order valence-electron chi connectivity index (χ4n) is 2.90. The molecule has 0 N–H and O–H groups in total. The van der Waals surface area contributed by atoms with E-state index in [0.29, 0.717) is 5.56 Å². The van der Waals surface area contributed by atoms with Crippen molar-refractivity contribution in [1.82, 2.24) is 0 Å².